The van der Waals surface area contributed by atoms with Crippen LogP contribution in [0.5, 0.6) is 0 Å². The van der Waals surface area contributed by atoms with Crippen LogP contribution in [0, 0.1) is 17.8 Å². The molecule has 0 amide bonds. The van der Waals surface area contributed by atoms with Crippen LogP contribution in [0.2, 0.25) is 0 Å². The molecule has 2 bridgehead atoms. The molecule has 2 fully saturated rings. The summed E-state index contributed by atoms with van der Waals surface area (Å²) in [5.41, 5.74) is -0.105. The van der Waals surface area contributed by atoms with Gasteiger partial charge in [-0.25, -0.2) is 0 Å². The Hall–Kier alpha value is -0.0151. The lowest BCUT2D eigenvalue weighted by atomic mass is 9.74. The van der Waals surface area contributed by atoms with E-state index in [4.69, 9.17) is 17.3 Å². The van der Waals surface area contributed by atoms with Gasteiger partial charge in [0.25, 0.3) is 0 Å². The Morgan fingerprint density at radius 1 is 1.33 bits per heavy atom. The van der Waals surface area contributed by atoms with Crippen molar-refractivity contribution in [2.45, 2.75) is 51.8 Å². The Morgan fingerprint density at radius 2 is 2.00 bits per heavy atom. The maximum atomic E-state index is 5.99. The minimum atomic E-state index is -0.218. The van der Waals surface area contributed by atoms with Gasteiger partial charge in [-0.15, -0.1) is 0 Å². The van der Waals surface area contributed by atoms with Crippen LogP contribution in [-0.2, 0) is 9.47 Å². The highest BCUT2D eigenvalue weighted by atomic mass is 16.6. The fraction of sp³-hybridized carbons (Fsp3) is 1.00. The molecule has 2 heterocycles. The van der Waals surface area contributed by atoms with Crippen LogP contribution in [0.3, 0.4) is 0 Å². The Bertz CT molecular complexity index is 242. The Morgan fingerprint density at radius 3 is 2.47 bits per heavy atom. The molecule has 0 aromatic heterocycles. The summed E-state index contributed by atoms with van der Waals surface area (Å²) >= 11 is 0. The van der Waals surface area contributed by atoms with Crippen molar-refractivity contribution in [3.05, 3.63) is 0 Å². The fourth-order valence-corrected chi connectivity index (χ4v) is 3.41. The van der Waals surface area contributed by atoms with Gasteiger partial charge in [0, 0.05) is 11.9 Å². The van der Waals surface area contributed by atoms with Crippen molar-refractivity contribution in [1.29, 1.82) is 0 Å². The van der Waals surface area contributed by atoms with E-state index < -0.39 is 0 Å². The average Bonchev–Trinajstić information content (AvgIpc) is 2.53. The van der Waals surface area contributed by atoms with E-state index >= 15 is 0 Å². The predicted octanol–water partition coefficient (Wildman–Crippen LogP) is 1.97. The number of rotatable bonds is 3. The molecule has 0 saturated carbocycles. The Labute approximate surface area is 94.1 Å². The van der Waals surface area contributed by atoms with Crippen molar-refractivity contribution in [2.24, 2.45) is 17.8 Å². The molecule has 2 aliphatic rings. The summed E-state index contributed by atoms with van der Waals surface area (Å²) in [5.74, 6) is 1.67. The van der Waals surface area contributed by atoms with Crippen molar-refractivity contribution in [2.75, 3.05) is 6.61 Å². The van der Waals surface area contributed by atoms with Crippen molar-refractivity contribution >= 4 is 7.85 Å². The third-order valence-corrected chi connectivity index (χ3v) is 3.65. The monoisotopic (exact) mass is 208 g/mol. The molecular weight excluding hydrogens is 187 g/mol. The second-order valence-corrected chi connectivity index (χ2v) is 5.79. The second kappa shape index (κ2) is 3.78. The molecule has 4 atom stereocenters. The van der Waals surface area contributed by atoms with Crippen LogP contribution >= 0.6 is 0 Å². The normalized spacial score (nSPS) is 44.5. The largest absolute Gasteiger partial charge is 0.376 e. The predicted molar refractivity (Wildman–Crippen MR) is 60.9 cm³/mol. The maximum Gasteiger partial charge on any atom is 0.112 e. The van der Waals surface area contributed by atoms with Gasteiger partial charge in [-0.1, -0.05) is 27.7 Å². The van der Waals surface area contributed by atoms with Gasteiger partial charge < -0.3 is 9.47 Å². The quantitative estimate of drug-likeness (QED) is 0.660. The van der Waals surface area contributed by atoms with Crippen molar-refractivity contribution in [3.8, 4) is 0 Å². The smallest absolute Gasteiger partial charge is 0.112 e. The Balaban J connectivity index is 2.21. The third-order valence-electron chi connectivity index (χ3n) is 3.65. The number of hydrogen-bond acceptors (Lipinski definition) is 2. The summed E-state index contributed by atoms with van der Waals surface area (Å²) in [6.07, 6.45) is 1.17. The van der Waals surface area contributed by atoms with E-state index in [1.807, 2.05) is 0 Å². The highest BCUT2D eigenvalue weighted by Crippen LogP contribution is 2.50. The molecular formula is C12H21BO2. The third kappa shape index (κ3) is 1.74. The zero-order valence-electron chi connectivity index (χ0n) is 10.2. The molecule has 0 aromatic carbocycles. The van der Waals surface area contributed by atoms with E-state index in [2.05, 4.69) is 27.7 Å². The minimum Gasteiger partial charge on any atom is -0.376 e. The highest BCUT2D eigenvalue weighted by Gasteiger charge is 2.59. The molecule has 0 N–H and O–H groups in total. The molecule has 2 nitrogen and oxygen atoms in total. The summed E-state index contributed by atoms with van der Waals surface area (Å²) in [4.78, 5) is 0. The van der Waals surface area contributed by atoms with Gasteiger partial charge in [-0.3, -0.25) is 0 Å². The maximum absolute atomic E-state index is 5.99. The average molecular weight is 208 g/mol. The molecule has 2 radical (unpaired) electrons. The second-order valence-electron chi connectivity index (χ2n) is 5.79. The lowest BCUT2D eigenvalue weighted by Gasteiger charge is -2.34. The summed E-state index contributed by atoms with van der Waals surface area (Å²) in [6.45, 7) is 9.66. The molecule has 1 unspecified atom stereocenters. The van der Waals surface area contributed by atoms with Crippen LogP contribution < -0.4 is 0 Å². The topological polar surface area (TPSA) is 18.5 Å². The minimum absolute atomic E-state index is 0.105. The molecule has 15 heavy (non-hydrogen) atoms. The van der Waals surface area contributed by atoms with Crippen molar-refractivity contribution in [3.63, 3.8) is 0 Å². The molecule has 2 saturated heterocycles. The number of ether oxygens (including phenoxy) is 2. The molecule has 2 rings (SSSR count). The molecule has 2 aliphatic heterocycles. The van der Waals surface area contributed by atoms with Gasteiger partial charge >= 0.3 is 0 Å². The first-order valence-corrected chi connectivity index (χ1v) is 6.01. The van der Waals surface area contributed by atoms with Crippen LogP contribution in [0.15, 0.2) is 0 Å². The first kappa shape index (κ1) is 11.5. The SMILES string of the molecule is [B][C@@H]1OC2(CC(C)C)CO[C@@H]1[C@H]2C(C)C. The number of hydrogen-bond donors (Lipinski definition) is 0. The Kier molecular flexibility index (Phi) is 2.89. The first-order chi connectivity index (χ1) is 6.96. The first-order valence-electron chi connectivity index (χ1n) is 6.01. The molecule has 0 aromatic rings. The molecule has 84 valence electrons. The zero-order chi connectivity index (χ0) is 11.2. The van der Waals surface area contributed by atoms with Gasteiger partial charge in [-0.2, -0.15) is 0 Å². The van der Waals surface area contributed by atoms with E-state index in [1.54, 1.807) is 0 Å². The lowest BCUT2D eigenvalue weighted by molar-refractivity contribution is -0.122. The van der Waals surface area contributed by atoms with Crippen molar-refractivity contribution < 1.29 is 9.47 Å². The van der Waals surface area contributed by atoms with Gasteiger partial charge in [-0.05, 0) is 18.3 Å². The van der Waals surface area contributed by atoms with E-state index in [0.29, 0.717) is 17.8 Å². The van der Waals surface area contributed by atoms with Crippen LogP contribution in [0.4, 0.5) is 0 Å². The van der Waals surface area contributed by atoms with Gasteiger partial charge in [0.1, 0.15) is 7.85 Å². The van der Waals surface area contributed by atoms with E-state index in [1.165, 1.54) is 0 Å². The molecule has 0 spiro atoms. The van der Waals surface area contributed by atoms with Gasteiger partial charge in [0.15, 0.2) is 0 Å². The van der Waals surface area contributed by atoms with Gasteiger partial charge in [0.2, 0.25) is 0 Å². The van der Waals surface area contributed by atoms with E-state index in [9.17, 15) is 0 Å². The molecule has 3 heteroatoms. The highest BCUT2D eigenvalue weighted by molar-refractivity contribution is 6.11. The van der Waals surface area contributed by atoms with Crippen LogP contribution in [-0.4, -0.2) is 32.2 Å². The summed E-state index contributed by atoms with van der Waals surface area (Å²) in [7, 11) is 5.96. The van der Waals surface area contributed by atoms with E-state index in [-0.39, 0.29) is 17.7 Å². The van der Waals surface area contributed by atoms with Crippen LogP contribution in [0.25, 0.3) is 0 Å². The summed E-state index contributed by atoms with van der Waals surface area (Å²) in [6, 6.07) is -0.218. The summed E-state index contributed by atoms with van der Waals surface area (Å²) in [5, 5.41) is 0. The van der Waals surface area contributed by atoms with Gasteiger partial charge in [0.05, 0.1) is 18.3 Å². The fourth-order valence-electron chi connectivity index (χ4n) is 3.41. The molecule has 0 aliphatic carbocycles. The zero-order valence-corrected chi connectivity index (χ0v) is 10.2. The standard InChI is InChI=1S/C12H21BO2/c1-7(2)5-12-6-14-10(11(13)15-12)9(12)8(3)4/h7-11H,5-6H2,1-4H3/t9-,10-,11-,12?/m1/s1. The summed E-state index contributed by atoms with van der Waals surface area (Å²) < 4.78 is 11.8. The van der Waals surface area contributed by atoms with Crippen LogP contribution in [0.1, 0.15) is 34.1 Å². The van der Waals surface area contributed by atoms with E-state index in [0.717, 1.165) is 13.0 Å². The van der Waals surface area contributed by atoms with Crippen molar-refractivity contribution in [1.82, 2.24) is 0 Å². The number of fused-ring (bicyclic) bond motifs is 2. The lowest BCUT2D eigenvalue weighted by Crippen LogP contribution is -2.41.